The highest BCUT2D eigenvalue weighted by atomic mass is 32.1. The molecule has 0 unspecified atom stereocenters. The first kappa shape index (κ1) is 18.4. The number of nitrogens with one attached hydrogen (secondary N) is 2. The molecule has 5 rings (SSSR count). The van der Waals surface area contributed by atoms with E-state index in [-0.39, 0.29) is 11.9 Å². The molecule has 150 valence electrons. The summed E-state index contributed by atoms with van der Waals surface area (Å²) >= 11 is 1.63. The average Bonchev–Trinajstić information content (AvgIpc) is 3.40. The van der Waals surface area contributed by atoms with E-state index in [1.165, 1.54) is 0 Å². The van der Waals surface area contributed by atoms with Crippen LogP contribution in [0.5, 0.6) is 5.75 Å². The SMILES string of the molecule is COc1ccccc1NC(=O)C1=C(C)Nc2nc3ccccc3n2[C@H]1c1cccs1. The summed E-state index contributed by atoms with van der Waals surface area (Å²) in [5.41, 5.74) is 3.94. The fourth-order valence-electron chi connectivity index (χ4n) is 3.91. The Morgan fingerprint density at radius 1 is 1.13 bits per heavy atom. The van der Waals surface area contributed by atoms with Crippen molar-refractivity contribution in [3.63, 3.8) is 0 Å². The summed E-state index contributed by atoms with van der Waals surface area (Å²) in [4.78, 5) is 19.3. The number of hydrogen-bond donors (Lipinski definition) is 2. The van der Waals surface area contributed by atoms with Gasteiger partial charge in [0.25, 0.3) is 5.91 Å². The molecule has 2 aromatic heterocycles. The molecule has 4 aromatic rings. The number of para-hydroxylation sites is 4. The average molecular weight is 417 g/mol. The molecule has 30 heavy (non-hydrogen) atoms. The molecule has 1 aliphatic heterocycles. The monoisotopic (exact) mass is 416 g/mol. The molecule has 1 aliphatic rings. The number of nitrogens with zero attached hydrogens (tertiary/aromatic N) is 2. The number of hydrogen-bond acceptors (Lipinski definition) is 5. The first-order chi connectivity index (χ1) is 14.7. The number of rotatable bonds is 4. The maximum atomic E-state index is 13.5. The minimum atomic E-state index is -0.275. The standard InChI is InChI=1S/C23H20N4O2S/c1-14-20(22(28)25-16-9-4-6-11-18(16)29-2)21(19-12-7-13-30-19)27-17-10-5-3-8-15(17)26-23(27)24-14/h3-13,21H,1-2H3,(H,24,26)(H,25,28)/t21-/m0/s1. The minimum Gasteiger partial charge on any atom is -0.495 e. The van der Waals surface area contributed by atoms with E-state index in [0.29, 0.717) is 17.0 Å². The Balaban J connectivity index is 1.64. The van der Waals surface area contributed by atoms with Crippen molar-refractivity contribution in [3.05, 3.63) is 82.2 Å². The van der Waals surface area contributed by atoms with Crippen LogP contribution in [0.3, 0.4) is 0 Å². The van der Waals surface area contributed by atoms with Gasteiger partial charge >= 0.3 is 0 Å². The van der Waals surface area contributed by atoms with Crippen molar-refractivity contribution in [2.75, 3.05) is 17.7 Å². The third kappa shape index (κ3) is 2.95. The van der Waals surface area contributed by atoms with Gasteiger partial charge in [-0.15, -0.1) is 11.3 Å². The van der Waals surface area contributed by atoms with Crippen LogP contribution in [0.4, 0.5) is 11.6 Å². The molecule has 3 heterocycles. The molecule has 6 nitrogen and oxygen atoms in total. The van der Waals surface area contributed by atoms with Crippen molar-refractivity contribution >= 4 is 39.9 Å². The van der Waals surface area contributed by atoms with Crippen molar-refractivity contribution in [2.45, 2.75) is 13.0 Å². The Kier molecular flexibility index (Phi) is 4.52. The maximum absolute atomic E-state index is 13.5. The lowest BCUT2D eigenvalue weighted by Crippen LogP contribution is -2.30. The van der Waals surface area contributed by atoms with E-state index in [9.17, 15) is 4.79 Å². The topological polar surface area (TPSA) is 68.2 Å². The molecule has 1 atom stereocenters. The van der Waals surface area contributed by atoms with Crippen molar-refractivity contribution in [1.82, 2.24) is 9.55 Å². The van der Waals surface area contributed by atoms with Crippen molar-refractivity contribution < 1.29 is 9.53 Å². The Morgan fingerprint density at radius 3 is 2.73 bits per heavy atom. The fourth-order valence-corrected chi connectivity index (χ4v) is 4.74. The van der Waals surface area contributed by atoms with Gasteiger partial charge in [-0.1, -0.05) is 30.3 Å². The van der Waals surface area contributed by atoms with Crippen LogP contribution in [-0.2, 0) is 4.79 Å². The number of imidazole rings is 1. The Morgan fingerprint density at radius 2 is 1.93 bits per heavy atom. The van der Waals surface area contributed by atoms with Crippen molar-refractivity contribution in [1.29, 1.82) is 0 Å². The summed E-state index contributed by atoms with van der Waals surface area (Å²) in [6.45, 7) is 1.92. The molecule has 0 saturated heterocycles. The quantitative estimate of drug-likeness (QED) is 0.489. The van der Waals surface area contributed by atoms with Gasteiger partial charge in [-0.25, -0.2) is 4.98 Å². The number of allylic oxidation sites excluding steroid dienone is 1. The lowest BCUT2D eigenvalue weighted by molar-refractivity contribution is -0.113. The second-order valence-electron chi connectivity index (χ2n) is 7.03. The molecule has 7 heteroatoms. The molecule has 0 aliphatic carbocycles. The van der Waals surface area contributed by atoms with Gasteiger partial charge in [0.05, 0.1) is 29.4 Å². The number of amides is 1. The Labute approximate surface area is 177 Å². The van der Waals surface area contributed by atoms with E-state index in [2.05, 4.69) is 21.3 Å². The second-order valence-corrected chi connectivity index (χ2v) is 8.01. The van der Waals surface area contributed by atoms with Crippen LogP contribution in [-0.4, -0.2) is 22.6 Å². The van der Waals surface area contributed by atoms with Crippen molar-refractivity contribution in [3.8, 4) is 5.75 Å². The van der Waals surface area contributed by atoms with E-state index >= 15 is 0 Å². The highest BCUT2D eigenvalue weighted by Gasteiger charge is 2.34. The number of carbonyl (C=O) groups excluding carboxylic acids is 1. The van der Waals surface area contributed by atoms with Gasteiger partial charge in [0.1, 0.15) is 11.8 Å². The predicted octanol–water partition coefficient (Wildman–Crippen LogP) is 5.03. The summed E-state index contributed by atoms with van der Waals surface area (Å²) in [7, 11) is 1.59. The third-order valence-electron chi connectivity index (χ3n) is 5.24. The number of ether oxygens (including phenoxy) is 1. The molecule has 0 spiro atoms. The van der Waals surface area contributed by atoms with E-state index in [4.69, 9.17) is 9.72 Å². The van der Waals surface area contributed by atoms with Gasteiger partial charge in [0.15, 0.2) is 0 Å². The first-order valence-electron chi connectivity index (χ1n) is 9.60. The number of benzene rings is 2. The van der Waals surface area contributed by atoms with E-state index in [0.717, 1.165) is 27.6 Å². The van der Waals surface area contributed by atoms with Gasteiger partial charge in [-0.05, 0) is 42.6 Å². The smallest absolute Gasteiger partial charge is 0.255 e. The van der Waals surface area contributed by atoms with Gasteiger partial charge in [-0.3, -0.25) is 9.36 Å². The Hall–Kier alpha value is -3.58. The number of carbonyl (C=O) groups is 1. The van der Waals surface area contributed by atoms with Crippen LogP contribution in [0.1, 0.15) is 17.8 Å². The minimum absolute atomic E-state index is 0.175. The highest BCUT2D eigenvalue weighted by molar-refractivity contribution is 7.10. The molecular formula is C23H20N4O2S. The molecule has 0 bridgehead atoms. The van der Waals surface area contributed by atoms with Crippen LogP contribution >= 0.6 is 11.3 Å². The van der Waals surface area contributed by atoms with Crippen LogP contribution in [0, 0.1) is 0 Å². The van der Waals surface area contributed by atoms with Crippen LogP contribution < -0.4 is 15.4 Å². The summed E-state index contributed by atoms with van der Waals surface area (Å²) in [6, 6.07) is 19.2. The Bertz CT molecular complexity index is 1270. The van der Waals surface area contributed by atoms with Crippen molar-refractivity contribution in [2.24, 2.45) is 0 Å². The number of fused-ring (bicyclic) bond motifs is 3. The summed E-state index contributed by atoms with van der Waals surface area (Å²) in [5.74, 6) is 1.18. The molecule has 1 amide bonds. The van der Waals surface area contributed by atoms with Gasteiger partial charge in [0.2, 0.25) is 5.95 Å². The summed E-state index contributed by atoms with van der Waals surface area (Å²) in [5, 5.41) is 8.39. The number of thiophene rings is 1. The number of aromatic nitrogens is 2. The molecule has 0 radical (unpaired) electrons. The highest BCUT2D eigenvalue weighted by Crippen LogP contribution is 2.41. The molecule has 2 aromatic carbocycles. The van der Waals surface area contributed by atoms with Gasteiger partial charge in [-0.2, -0.15) is 0 Å². The van der Waals surface area contributed by atoms with E-state index in [1.807, 2.05) is 66.9 Å². The zero-order valence-electron chi connectivity index (χ0n) is 16.5. The normalized spacial score (nSPS) is 15.6. The van der Waals surface area contributed by atoms with Crippen LogP contribution in [0.15, 0.2) is 77.3 Å². The zero-order valence-corrected chi connectivity index (χ0v) is 17.4. The lowest BCUT2D eigenvalue weighted by atomic mass is 9.99. The second kappa shape index (κ2) is 7.35. The third-order valence-corrected chi connectivity index (χ3v) is 6.17. The largest absolute Gasteiger partial charge is 0.495 e. The van der Waals surface area contributed by atoms with Crippen LogP contribution in [0.2, 0.25) is 0 Å². The molecular weight excluding hydrogens is 396 g/mol. The molecule has 2 N–H and O–H groups in total. The summed E-state index contributed by atoms with van der Waals surface area (Å²) in [6.07, 6.45) is 0. The summed E-state index contributed by atoms with van der Waals surface area (Å²) < 4.78 is 7.50. The van der Waals surface area contributed by atoms with Gasteiger partial charge in [0, 0.05) is 10.6 Å². The molecule has 0 saturated carbocycles. The predicted molar refractivity (Wildman–Crippen MR) is 120 cm³/mol. The van der Waals surface area contributed by atoms with Gasteiger partial charge < -0.3 is 15.4 Å². The van der Waals surface area contributed by atoms with E-state index < -0.39 is 0 Å². The molecule has 0 fully saturated rings. The zero-order chi connectivity index (χ0) is 20.7. The fraction of sp³-hybridized carbons (Fsp3) is 0.130. The maximum Gasteiger partial charge on any atom is 0.255 e. The number of methoxy groups -OCH3 is 1. The van der Waals surface area contributed by atoms with E-state index in [1.54, 1.807) is 18.4 Å². The number of anilines is 2. The van der Waals surface area contributed by atoms with Crippen LogP contribution in [0.25, 0.3) is 11.0 Å². The first-order valence-corrected chi connectivity index (χ1v) is 10.5. The lowest BCUT2D eigenvalue weighted by Gasteiger charge is -2.30.